The number of hydrogen-bond acceptors (Lipinski definition) is 7. The van der Waals surface area contributed by atoms with E-state index in [4.69, 9.17) is 4.74 Å². The van der Waals surface area contributed by atoms with Crippen LogP contribution in [0.1, 0.15) is 67.1 Å². The summed E-state index contributed by atoms with van der Waals surface area (Å²) in [5, 5.41) is 16.7. The van der Waals surface area contributed by atoms with Gasteiger partial charge < -0.3 is 30.3 Å². The number of nitrogens with zero attached hydrogens (tertiary/aromatic N) is 3. The maximum absolute atomic E-state index is 12.9. The van der Waals surface area contributed by atoms with Crippen molar-refractivity contribution in [2.75, 3.05) is 50.8 Å². The molecule has 1 aromatic carbocycles. The zero-order valence-electron chi connectivity index (χ0n) is 26.2. The summed E-state index contributed by atoms with van der Waals surface area (Å²) in [5.41, 5.74) is -0.739. The van der Waals surface area contributed by atoms with Crippen LogP contribution in [0.15, 0.2) is 42.6 Å². The Hall–Kier alpha value is -3.43. The highest BCUT2D eigenvalue weighted by molar-refractivity contribution is 5.96. The number of nitrogens with one attached hydrogen (secondary N) is 2. The van der Waals surface area contributed by atoms with E-state index < -0.39 is 35.5 Å². The highest BCUT2D eigenvalue weighted by atomic mass is 19.4. The number of aromatic nitrogens is 1. The van der Waals surface area contributed by atoms with Gasteiger partial charge >= 0.3 is 12.4 Å². The third-order valence-electron chi connectivity index (χ3n) is 8.64. The van der Waals surface area contributed by atoms with E-state index in [0.717, 1.165) is 44.4 Å². The Kier molecular flexibility index (Phi) is 12.1. The van der Waals surface area contributed by atoms with Crippen molar-refractivity contribution in [3.05, 3.63) is 59.4 Å². The first-order chi connectivity index (χ1) is 22.2. The van der Waals surface area contributed by atoms with Gasteiger partial charge in [0.2, 0.25) is 5.91 Å². The molecule has 2 aromatic rings. The van der Waals surface area contributed by atoms with Crippen LogP contribution in [0.2, 0.25) is 0 Å². The Balaban J connectivity index is 0.000000218. The van der Waals surface area contributed by atoms with Gasteiger partial charge in [-0.15, -0.1) is 0 Å². The molecule has 9 nitrogen and oxygen atoms in total. The van der Waals surface area contributed by atoms with Gasteiger partial charge in [-0.2, -0.15) is 26.3 Å². The first-order valence-corrected chi connectivity index (χ1v) is 15.8. The zero-order chi connectivity index (χ0) is 34.2. The van der Waals surface area contributed by atoms with Crippen molar-refractivity contribution >= 4 is 17.5 Å². The summed E-state index contributed by atoms with van der Waals surface area (Å²) < 4.78 is 81.1. The first-order valence-electron chi connectivity index (χ1n) is 15.8. The molecule has 15 heteroatoms. The van der Waals surface area contributed by atoms with Crippen molar-refractivity contribution in [1.29, 1.82) is 0 Å². The highest BCUT2D eigenvalue weighted by Gasteiger charge is 2.43. The van der Waals surface area contributed by atoms with Crippen LogP contribution < -0.4 is 15.5 Å². The molecule has 0 bridgehead atoms. The van der Waals surface area contributed by atoms with Crippen LogP contribution >= 0.6 is 0 Å². The van der Waals surface area contributed by atoms with E-state index in [0.29, 0.717) is 49.9 Å². The number of aliphatic hydroxyl groups is 1. The molecule has 3 aliphatic rings. The van der Waals surface area contributed by atoms with Gasteiger partial charge in [-0.3, -0.25) is 14.6 Å². The number of amides is 2. The molecule has 3 heterocycles. The molecule has 260 valence electrons. The summed E-state index contributed by atoms with van der Waals surface area (Å²) in [5.74, 6) is -0.901. The number of benzene rings is 1. The van der Waals surface area contributed by atoms with Gasteiger partial charge in [0.1, 0.15) is 5.60 Å². The van der Waals surface area contributed by atoms with E-state index in [-0.39, 0.29) is 31.2 Å². The molecule has 1 aliphatic carbocycles. The summed E-state index contributed by atoms with van der Waals surface area (Å²) >= 11 is 0. The normalized spacial score (nSPS) is 23.6. The summed E-state index contributed by atoms with van der Waals surface area (Å²) in [6.45, 7) is 4.29. The molecule has 1 aromatic heterocycles. The summed E-state index contributed by atoms with van der Waals surface area (Å²) in [6, 6.07) is 8.02. The number of carbonyl (C=O) groups excluding carboxylic acids is 2. The number of halogens is 6. The van der Waals surface area contributed by atoms with Gasteiger partial charge in [0.05, 0.1) is 42.8 Å². The Labute approximate surface area is 269 Å². The summed E-state index contributed by atoms with van der Waals surface area (Å²) in [7, 11) is 0. The number of pyridine rings is 1. The Bertz CT molecular complexity index is 1330. The number of rotatable bonds is 7. The number of anilines is 1. The molecule has 5 rings (SSSR count). The minimum Gasteiger partial charge on any atom is -0.384 e. The minimum atomic E-state index is -4.50. The number of morpholine rings is 1. The molecule has 3 fully saturated rings. The predicted molar refractivity (Wildman–Crippen MR) is 162 cm³/mol. The van der Waals surface area contributed by atoms with Crippen LogP contribution in [0.3, 0.4) is 0 Å². The molecule has 2 saturated heterocycles. The summed E-state index contributed by atoms with van der Waals surface area (Å²) in [4.78, 5) is 31.2. The molecule has 0 radical (unpaired) electrons. The molecule has 2 amide bonds. The monoisotopic (exact) mass is 673 g/mol. The largest absolute Gasteiger partial charge is 0.416 e. The van der Waals surface area contributed by atoms with Gasteiger partial charge in [-0.1, -0.05) is 13.0 Å². The van der Waals surface area contributed by atoms with Gasteiger partial charge in [0, 0.05) is 31.2 Å². The van der Waals surface area contributed by atoms with Crippen LogP contribution in [-0.2, 0) is 21.3 Å². The van der Waals surface area contributed by atoms with Crippen LogP contribution in [-0.4, -0.2) is 91.0 Å². The lowest BCUT2D eigenvalue weighted by Gasteiger charge is -2.37. The topological polar surface area (TPSA) is 107 Å². The molecular weight excluding hydrogens is 632 g/mol. The molecule has 1 saturated carbocycles. The second-order valence-corrected chi connectivity index (χ2v) is 12.0. The van der Waals surface area contributed by atoms with Crippen molar-refractivity contribution < 1.29 is 45.8 Å². The average molecular weight is 674 g/mol. The van der Waals surface area contributed by atoms with Gasteiger partial charge in [0.15, 0.2) is 6.10 Å². The van der Waals surface area contributed by atoms with Gasteiger partial charge in [-0.05, 0) is 75.4 Å². The van der Waals surface area contributed by atoms with Crippen LogP contribution in [0.25, 0.3) is 0 Å². The highest BCUT2D eigenvalue weighted by Crippen LogP contribution is 2.37. The molecule has 2 aliphatic heterocycles. The number of alkyl halides is 6. The zero-order valence-corrected chi connectivity index (χ0v) is 26.2. The fourth-order valence-electron chi connectivity index (χ4n) is 5.95. The van der Waals surface area contributed by atoms with Crippen molar-refractivity contribution in [1.82, 2.24) is 20.5 Å². The Morgan fingerprint density at radius 2 is 1.74 bits per heavy atom. The average Bonchev–Trinajstić information content (AvgIpc) is 3.60. The lowest BCUT2D eigenvalue weighted by Crippen LogP contribution is -2.49. The maximum Gasteiger partial charge on any atom is 0.416 e. The number of carbonyl (C=O) groups is 2. The van der Waals surface area contributed by atoms with E-state index in [9.17, 15) is 41.0 Å². The van der Waals surface area contributed by atoms with Crippen molar-refractivity contribution in [3.63, 3.8) is 0 Å². The molecule has 47 heavy (non-hydrogen) atoms. The van der Waals surface area contributed by atoms with Crippen LogP contribution in [0.4, 0.5) is 32.0 Å². The van der Waals surface area contributed by atoms with Gasteiger partial charge in [0.25, 0.3) is 5.91 Å². The molecule has 1 unspecified atom stereocenters. The van der Waals surface area contributed by atoms with E-state index in [1.165, 1.54) is 12.1 Å². The molecular formula is C32H41F6N5O4. The van der Waals surface area contributed by atoms with E-state index >= 15 is 0 Å². The van der Waals surface area contributed by atoms with Crippen molar-refractivity contribution in [3.8, 4) is 0 Å². The van der Waals surface area contributed by atoms with Crippen LogP contribution in [0, 0.1) is 0 Å². The standard InChI is InChI=1S/C18H26F3N3O2.C14H15F3N2O2/c1-2-22-13-5-7-17(25,8-6-13)15-4-3-14(11-23-15)24-9-10-26-16(12-24)18(19,20)21;15-14(16,17)11-5-3-4-10(8-11)13(21)18-9-12(20)19-6-1-2-7-19/h3-4,11,13,16,22,25H,2,5-10,12H2,1H3;3-5,8H,1-2,6-7,9H2,(H,18,21). The second kappa shape index (κ2) is 15.6. The molecule has 3 N–H and O–H groups in total. The first kappa shape index (κ1) is 36.4. The Morgan fingerprint density at radius 3 is 2.34 bits per heavy atom. The SMILES string of the molecule is CCNC1CCC(O)(c2ccc(N3CCOC(C(F)(F)F)C3)cn2)CC1.O=C(NCC(=O)N1CCCC1)c1cccc(C(F)(F)F)c1. The fraction of sp³-hybridized carbons (Fsp3) is 0.594. The quantitative estimate of drug-likeness (QED) is 0.368. The number of ether oxygens (including phenoxy) is 1. The van der Waals surface area contributed by atoms with Crippen LogP contribution in [0.5, 0.6) is 0 Å². The maximum atomic E-state index is 12.9. The Morgan fingerprint density at radius 1 is 1.04 bits per heavy atom. The smallest absolute Gasteiger partial charge is 0.384 e. The lowest BCUT2D eigenvalue weighted by molar-refractivity contribution is -0.221. The van der Waals surface area contributed by atoms with E-state index in [2.05, 4.69) is 22.5 Å². The predicted octanol–water partition coefficient (Wildman–Crippen LogP) is 4.65. The number of hydrogen-bond donors (Lipinski definition) is 3. The lowest BCUT2D eigenvalue weighted by atomic mass is 9.80. The van der Waals surface area contributed by atoms with Gasteiger partial charge in [-0.25, -0.2) is 0 Å². The number of likely N-dealkylation sites (tertiary alicyclic amines) is 1. The molecule has 0 spiro atoms. The third kappa shape index (κ3) is 10.0. The third-order valence-corrected chi connectivity index (χ3v) is 8.64. The van der Waals surface area contributed by atoms with Crippen molar-refractivity contribution in [2.45, 2.75) is 75.5 Å². The molecule has 1 atom stereocenters. The fourth-order valence-corrected chi connectivity index (χ4v) is 5.95. The van der Waals surface area contributed by atoms with E-state index in [1.54, 1.807) is 28.1 Å². The minimum absolute atomic E-state index is 0.0294. The van der Waals surface area contributed by atoms with E-state index in [1.807, 2.05) is 0 Å². The second-order valence-electron chi connectivity index (χ2n) is 12.0. The summed E-state index contributed by atoms with van der Waals surface area (Å²) in [6.07, 6.45) is -4.19. The van der Waals surface area contributed by atoms with Crippen molar-refractivity contribution in [2.24, 2.45) is 0 Å².